The number of hydrogen-bond donors (Lipinski definition) is 1. The van der Waals surface area contributed by atoms with Gasteiger partial charge in [-0.25, -0.2) is 8.91 Å². The van der Waals surface area contributed by atoms with Crippen molar-refractivity contribution in [3.63, 3.8) is 0 Å². The number of nitrogens with one attached hydrogen (secondary N) is 1. The number of anilines is 1. The van der Waals surface area contributed by atoms with E-state index in [9.17, 15) is 9.18 Å². The Kier molecular flexibility index (Phi) is 5.86. The van der Waals surface area contributed by atoms with Gasteiger partial charge in [-0.2, -0.15) is 5.10 Å². The molecule has 2 heterocycles. The molecule has 0 aliphatic heterocycles. The van der Waals surface area contributed by atoms with Gasteiger partial charge in [-0.15, -0.1) is 10.2 Å². The van der Waals surface area contributed by atoms with Crippen molar-refractivity contribution in [3.05, 3.63) is 75.4 Å². The molecule has 0 radical (unpaired) electrons. The van der Waals surface area contributed by atoms with Gasteiger partial charge in [0.2, 0.25) is 0 Å². The Hall–Kier alpha value is -3.07. The van der Waals surface area contributed by atoms with Crippen molar-refractivity contribution in [1.29, 1.82) is 0 Å². The highest BCUT2D eigenvalue weighted by Gasteiger charge is 2.22. The number of carbonyl (C=O) groups excluding carboxylic acids is 1. The Labute approximate surface area is 186 Å². The van der Waals surface area contributed by atoms with Crippen molar-refractivity contribution in [1.82, 2.24) is 19.8 Å². The fourth-order valence-corrected chi connectivity index (χ4v) is 3.57. The van der Waals surface area contributed by atoms with Crippen LogP contribution >= 0.6 is 23.2 Å². The molecule has 0 saturated carbocycles. The summed E-state index contributed by atoms with van der Waals surface area (Å²) in [5, 5.41) is 16.1. The van der Waals surface area contributed by atoms with Crippen LogP contribution in [0.1, 0.15) is 21.9 Å². The molecule has 4 rings (SSSR count). The molecule has 10 heteroatoms. The van der Waals surface area contributed by atoms with E-state index in [0.29, 0.717) is 27.7 Å². The smallest absolute Gasteiger partial charge is 0.278 e. The van der Waals surface area contributed by atoms with E-state index < -0.39 is 11.7 Å². The van der Waals surface area contributed by atoms with Crippen molar-refractivity contribution in [3.8, 4) is 11.1 Å². The van der Waals surface area contributed by atoms with Crippen LogP contribution < -0.4 is 5.32 Å². The molecule has 7 nitrogen and oxygen atoms in total. The number of aromatic nitrogens is 4. The number of benzene rings is 2. The first kappa shape index (κ1) is 21.2. The second kappa shape index (κ2) is 8.58. The monoisotopic (exact) mass is 459 g/mol. The number of halogens is 3. The molecule has 0 aliphatic carbocycles. The van der Waals surface area contributed by atoms with E-state index in [1.807, 2.05) is 12.1 Å². The van der Waals surface area contributed by atoms with Crippen LogP contribution in [0.2, 0.25) is 10.0 Å². The predicted molar refractivity (Wildman–Crippen MR) is 116 cm³/mol. The minimum absolute atomic E-state index is 0.0667. The summed E-state index contributed by atoms with van der Waals surface area (Å²) in [5.41, 5.74) is 3.49. The summed E-state index contributed by atoms with van der Waals surface area (Å²) in [6, 6.07) is 11.2. The standard InChI is InChI=1S/C21H16Cl2FN5O2/c1-11-19(21(30)25-14-6-7-16(24)15(23)9-14)26-27-20-18(12-4-3-5-13(22)8-12)17(10-31-2)28-29(11)20/h3-9H,10H2,1-2H3,(H,25,30). The molecule has 0 atom stereocenters. The molecule has 0 saturated heterocycles. The van der Waals surface area contributed by atoms with Gasteiger partial charge in [0.25, 0.3) is 5.91 Å². The van der Waals surface area contributed by atoms with Crippen molar-refractivity contribution in [2.24, 2.45) is 0 Å². The van der Waals surface area contributed by atoms with Crippen LogP contribution in [0.25, 0.3) is 16.8 Å². The number of rotatable bonds is 5. The second-order valence-electron chi connectivity index (χ2n) is 6.72. The van der Waals surface area contributed by atoms with E-state index in [0.717, 1.165) is 11.1 Å². The summed E-state index contributed by atoms with van der Waals surface area (Å²) in [6.45, 7) is 1.94. The number of fused-ring (bicyclic) bond motifs is 1. The number of methoxy groups -OCH3 is 1. The van der Waals surface area contributed by atoms with E-state index in [1.165, 1.54) is 18.2 Å². The Morgan fingerprint density at radius 1 is 1.19 bits per heavy atom. The predicted octanol–water partition coefficient (Wildman–Crippen LogP) is 4.94. The van der Waals surface area contributed by atoms with Gasteiger partial charge < -0.3 is 10.1 Å². The summed E-state index contributed by atoms with van der Waals surface area (Å²) in [5.74, 6) is -1.10. The first-order valence-electron chi connectivity index (χ1n) is 9.15. The number of aryl methyl sites for hydroxylation is 1. The molecular formula is C21H16Cl2FN5O2. The summed E-state index contributed by atoms with van der Waals surface area (Å²) < 4.78 is 20.2. The molecule has 2 aromatic carbocycles. The summed E-state index contributed by atoms with van der Waals surface area (Å²) in [7, 11) is 1.57. The van der Waals surface area contributed by atoms with Crippen LogP contribution in [0.15, 0.2) is 42.5 Å². The highest BCUT2D eigenvalue weighted by Crippen LogP contribution is 2.30. The van der Waals surface area contributed by atoms with E-state index >= 15 is 0 Å². The highest BCUT2D eigenvalue weighted by atomic mass is 35.5. The first-order valence-corrected chi connectivity index (χ1v) is 9.90. The van der Waals surface area contributed by atoms with Crippen LogP contribution in [0, 0.1) is 12.7 Å². The topological polar surface area (TPSA) is 81.4 Å². The largest absolute Gasteiger partial charge is 0.378 e. The molecule has 0 bridgehead atoms. The minimum atomic E-state index is -0.576. The van der Waals surface area contributed by atoms with E-state index in [1.54, 1.807) is 30.7 Å². The van der Waals surface area contributed by atoms with Gasteiger partial charge in [0, 0.05) is 17.8 Å². The molecule has 0 fully saturated rings. The zero-order valence-electron chi connectivity index (χ0n) is 16.5. The maximum atomic E-state index is 13.4. The Morgan fingerprint density at radius 2 is 2.00 bits per heavy atom. The van der Waals surface area contributed by atoms with Crippen molar-refractivity contribution < 1.29 is 13.9 Å². The van der Waals surface area contributed by atoms with E-state index in [2.05, 4.69) is 20.6 Å². The van der Waals surface area contributed by atoms with Gasteiger partial charge in [0.1, 0.15) is 5.82 Å². The maximum absolute atomic E-state index is 13.4. The zero-order valence-corrected chi connectivity index (χ0v) is 18.0. The fourth-order valence-electron chi connectivity index (χ4n) is 3.20. The van der Waals surface area contributed by atoms with E-state index in [4.69, 9.17) is 27.9 Å². The molecule has 4 aromatic rings. The fraction of sp³-hybridized carbons (Fsp3) is 0.143. The molecular weight excluding hydrogens is 444 g/mol. The van der Waals surface area contributed by atoms with Crippen LogP contribution in [0.5, 0.6) is 0 Å². The highest BCUT2D eigenvalue weighted by molar-refractivity contribution is 6.31. The molecule has 31 heavy (non-hydrogen) atoms. The number of amides is 1. The average molecular weight is 460 g/mol. The van der Waals surface area contributed by atoms with Crippen LogP contribution in [0.4, 0.5) is 10.1 Å². The van der Waals surface area contributed by atoms with Crippen LogP contribution in [0.3, 0.4) is 0 Å². The number of carbonyl (C=O) groups is 1. The Bertz CT molecular complexity index is 1310. The molecule has 1 N–H and O–H groups in total. The Balaban J connectivity index is 1.78. The van der Waals surface area contributed by atoms with Gasteiger partial charge in [-0.1, -0.05) is 35.3 Å². The average Bonchev–Trinajstić information content (AvgIpc) is 3.10. The summed E-state index contributed by atoms with van der Waals surface area (Å²) in [6.07, 6.45) is 0. The van der Waals surface area contributed by atoms with Crippen molar-refractivity contribution in [2.75, 3.05) is 12.4 Å². The molecule has 1 amide bonds. The molecule has 2 aromatic heterocycles. The molecule has 0 aliphatic rings. The maximum Gasteiger partial charge on any atom is 0.278 e. The third kappa shape index (κ3) is 4.10. The lowest BCUT2D eigenvalue weighted by molar-refractivity contribution is 0.102. The third-order valence-electron chi connectivity index (χ3n) is 4.63. The lowest BCUT2D eigenvalue weighted by Gasteiger charge is -2.08. The zero-order chi connectivity index (χ0) is 22.1. The summed E-state index contributed by atoms with van der Waals surface area (Å²) >= 11 is 11.9. The number of nitrogens with zero attached hydrogens (tertiary/aromatic N) is 4. The molecule has 0 spiro atoms. The number of hydrogen-bond acceptors (Lipinski definition) is 5. The lowest BCUT2D eigenvalue weighted by atomic mass is 10.1. The SMILES string of the molecule is COCc1nn2c(C)c(C(=O)Nc3ccc(F)c(Cl)c3)nnc2c1-c1cccc(Cl)c1. The molecule has 158 valence electrons. The van der Waals surface area contributed by atoms with Gasteiger partial charge >= 0.3 is 0 Å². The Morgan fingerprint density at radius 3 is 2.71 bits per heavy atom. The van der Waals surface area contributed by atoms with Crippen LogP contribution in [-0.4, -0.2) is 32.8 Å². The molecule has 0 unspecified atom stereocenters. The quantitative estimate of drug-likeness (QED) is 0.456. The van der Waals surface area contributed by atoms with Gasteiger partial charge in [0.05, 0.1) is 28.6 Å². The second-order valence-corrected chi connectivity index (χ2v) is 7.56. The van der Waals surface area contributed by atoms with Crippen LogP contribution in [-0.2, 0) is 11.3 Å². The van der Waals surface area contributed by atoms with Crippen molar-refractivity contribution >= 4 is 40.4 Å². The number of ether oxygens (including phenoxy) is 1. The van der Waals surface area contributed by atoms with Gasteiger partial charge in [-0.3, -0.25) is 4.79 Å². The van der Waals surface area contributed by atoms with Crippen molar-refractivity contribution in [2.45, 2.75) is 13.5 Å². The van der Waals surface area contributed by atoms with Gasteiger partial charge in [-0.05, 0) is 42.8 Å². The lowest BCUT2D eigenvalue weighted by Crippen LogP contribution is -2.18. The normalized spacial score (nSPS) is 11.1. The minimum Gasteiger partial charge on any atom is -0.378 e. The first-order chi connectivity index (χ1) is 14.9. The van der Waals surface area contributed by atoms with Gasteiger partial charge in [0.15, 0.2) is 11.3 Å². The van der Waals surface area contributed by atoms with E-state index in [-0.39, 0.29) is 17.3 Å². The third-order valence-corrected chi connectivity index (χ3v) is 5.15. The summed E-state index contributed by atoms with van der Waals surface area (Å²) in [4.78, 5) is 12.8.